The Bertz CT molecular complexity index is 443. The number of ether oxygens (including phenoxy) is 1. The van der Waals surface area contributed by atoms with Gasteiger partial charge in [0, 0.05) is 19.6 Å². The second-order valence-electron chi connectivity index (χ2n) is 4.40. The lowest BCUT2D eigenvalue weighted by Crippen LogP contribution is -2.32. The standard InChI is InChI=1S/C9H9IO3.C6H15NO3/c1-2-13-8-4-3-6(9(11)12)5-7(8)10;8-4-1-7(2-5-9)3-6-10/h3-5H,2H2,1H3,(H,11,12);8-10H,1-6H2. The van der Waals surface area contributed by atoms with Crippen molar-refractivity contribution in [3.05, 3.63) is 27.3 Å². The molecule has 0 amide bonds. The van der Waals surface area contributed by atoms with Crippen LogP contribution in [-0.4, -0.2) is 77.4 Å². The molecule has 7 nitrogen and oxygen atoms in total. The number of halogens is 1. The molecule has 1 rings (SSSR count). The Morgan fingerprint density at radius 1 is 1.13 bits per heavy atom. The Kier molecular flexibility index (Phi) is 12.9. The summed E-state index contributed by atoms with van der Waals surface area (Å²) in [6.07, 6.45) is 0. The Balaban J connectivity index is 0.000000438. The smallest absolute Gasteiger partial charge is 0.335 e. The predicted molar refractivity (Wildman–Crippen MR) is 95.0 cm³/mol. The van der Waals surface area contributed by atoms with Crippen molar-refractivity contribution >= 4 is 28.6 Å². The summed E-state index contributed by atoms with van der Waals surface area (Å²) in [5.74, 6) is -0.186. The van der Waals surface area contributed by atoms with E-state index in [0.717, 1.165) is 9.32 Å². The fraction of sp³-hybridized carbons (Fsp3) is 0.533. The van der Waals surface area contributed by atoms with Crippen LogP contribution in [0.1, 0.15) is 17.3 Å². The van der Waals surface area contributed by atoms with Gasteiger partial charge in [-0.1, -0.05) is 0 Å². The van der Waals surface area contributed by atoms with Gasteiger partial charge in [0.2, 0.25) is 0 Å². The first-order valence-electron chi connectivity index (χ1n) is 7.20. The van der Waals surface area contributed by atoms with Crippen molar-refractivity contribution in [2.45, 2.75) is 6.92 Å². The monoisotopic (exact) mass is 441 g/mol. The third kappa shape index (κ3) is 9.72. The Labute approximate surface area is 149 Å². The molecule has 0 aliphatic carbocycles. The third-order valence-electron chi connectivity index (χ3n) is 2.73. The minimum atomic E-state index is -0.916. The van der Waals surface area contributed by atoms with Crippen LogP contribution in [0.3, 0.4) is 0 Å². The lowest BCUT2D eigenvalue weighted by molar-refractivity contribution is 0.0696. The molecule has 1 aromatic rings. The van der Waals surface area contributed by atoms with E-state index in [1.807, 2.05) is 6.92 Å². The molecule has 8 heteroatoms. The van der Waals surface area contributed by atoms with Crippen molar-refractivity contribution < 1.29 is 30.0 Å². The summed E-state index contributed by atoms with van der Waals surface area (Å²) in [4.78, 5) is 12.4. The quantitative estimate of drug-likeness (QED) is 0.417. The zero-order valence-electron chi connectivity index (χ0n) is 13.1. The first-order chi connectivity index (χ1) is 11.0. The highest BCUT2D eigenvalue weighted by Gasteiger charge is 2.06. The summed E-state index contributed by atoms with van der Waals surface area (Å²) in [7, 11) is 0. The Hall–Kier alpha value is -0.940. The second kappa shape index (κ2) is 13.5. The Morgan fingerprint density at radius 3 is 2.00 bits per heavy atom. The molecular weight excluding hydrogens is 417 g/mol. The van der Waals surface area contributed by atoms with Crippen molar-refractivity contribution in [2.75, 3.05) is 46.1 Å². The van der Waals surface area contributed by atoms with Gasteiger partial charge in [0.25, 0.3) is 0 Å². The second-order valence-corrected chi connectivity index (χ2v) is 5.56. The molecule has 0 bridgehead atoms. The Morgan fingerprint density at radius 2 is 1.65 bits per heavy atom. The van der Waals surface area contributed by atoms with Gasteiger partial charge in [-0.3, -0.25) is 4.90 Å². The van der Waals surface area contributed by atoms with E-state index in [9.17, 15) is 4.79 Å². The van der Waals surface area contributed by atoms with E-state index >= 15 is 0 Å². The molecule has 0 aromatic heterocycles. The molecule has 0 aliphatic rings. The maximum Gasteiger partial charge on any atom is 0.335 e. The highest BCUT2D eigenvalue weighted by atomic mass is 127. The number of benzene rings is 1. The highest BCUT2D eigenvalue weighted by Crippen LogP contribution is 2.21. The van der Waals surface area contributed by atoms with E-state index in [4.69, 9.17) is 25.2 Å². The molecule has 0 heterocycles. The van der Waals surface area contributed by atoms with E-state index in [1.165, 1.54) is 6.07 Å². The summed E-state index contributed by atoms with van der Waals surface area (Å²) in [6, 6.07) is 4.80. The van der Waals surface area contributed by atoms with Crippen LogP contribution in [0.25, 0.3) is 0 Å². The van der Waals surface area contributed by atoms with Crippen molar-refractivity contribution in [3.63, 3.8) is 0 Å². The summed E-state index contributed by atoms with van der Waals surface area (Å²) in [6.45, 7) is 4.23. The first kappa shape index (κ1) is 22.1. The van der Waals surface area contributed by atoms with Gasteiger partial charge in [-0.2, -0.15) is 0 Å². The SMILES string of the molecule is CCOc1ccc(C(=O)O)cc1I.OCCN(CCO)CCO. The fourth-order valence-corrected chi connectivity index (χ4v) is 2.34. The molecule has 0 fully saturated rings. The molecule has 1 aromatic carbocycles. The van der Waals surface area contributed by atoms with Gasteiger partial charge in [-0.25, -0.2) is 4.79 Å². The number of carboxylic acid groups (broad SMARTS) is 1. The van der Waals surface area contributed by atoms with Gasteiger partial charge >= 0.3 is 5.97 Å². The molecule has 0 saturated carbocycles. The lowest BCUT2D eigenvalue weighted by Gasteiger charge is -2.17. The van der Waals surface area contributed by atoms with E-state index < -0.39 is 5.97 Å². The molecule has 0 atom stereocenters. The van der Waals surface area contributed by atoms with Crippen LogP contribution in [0.2, 0.25) is 0 Å². The fourth-order valence-electron chi connectivity index (χ4n) is 1.67. The molecule has 23 heavy (non-hydrogen) atoms. The van der Waals surface area contributed by atoms with Crippen LogP contribution in [0, 0.1) is 3.57 Å². The number of aromatic carboxylic acids is 1. The lowest BCUT2D eigenvalue weighted by atomic mass is 10.2. The van der Waals surface area contributed by atoms with Crippen molar-refractivity contribution in [2.24, 2.45) is 0 Å². The summed E-state index contributed by atoms with van der Waals surface area (Å²) in [5.41, 5.74) is 0.285. The van der Waals surface area contributed by atoms with E-state index in [-0.39, 0.29) is 25.4 Å². The maximum absolute atomic E-state index is 10.6. The number of aliphatic hydroxyl groups excluding tert-OH is 3. The van der Waals surface area contributed by atoms with Crippen LogP contribution >= 0.6 is 22.6 Å². The molecule has 0 unspecified atom stereocenters. The van der Waals surface area contributed by atoms with E-state index in [0.29, 0.717) is 26.2 Å². The van der Waals surface area contributed by atoms with E-state index in [2.05, 4.69) is 22.6 Å². The number of hydrogen-bond donors (Lipinski definition) is 4. The number of carbonyl (C=O) groups is 1. The molecule has 0 saturated heterocycles. The number of carboxylic acids is 1. The molecule has 0 spiro atoms. The predicted octanol–water partition coefficient (Wildman–Crippen LogP) is 0.653. The average Bonchev–Trinajstić information content (AvgIpc) is 2.51. The van der Waals surface area contributed by atoms with Crippen LogP contribution in [0.15, 0.2) is 18.2 Å². The zero-order valence-corrected chi connectivity index (χ0v) is 15.3. The van der Waals surface area contributed by atoms with Crippen LogP contribution in [0.5, 0.6) is 5.75 Å². The average molecular weight is 441 g/mol. The van der Waals surface area contributed by atoms with Crippen molar-refractivity contribution in [1.82, 2.24) is 4.90 Å². The zero-order chi connectivity index (χ0) is 17.7. The van der Waals surface area contributed by atoms with Gasteiger partial charge in [0.05, 0.1) is 35.6 Å². The summed E-state index contributed by atoms with van der Waals surface area (Å²) >= 11 is 2.05. The molecule has 0 aliphatic heterocycles. The number of aliphatic hydroxyl groups is 3. The molecule has 0 radical (unpaired) electrons. The molecular formula is C15H24INO6. The van der Waals surface area contributed by atoms with Gasteiger partial charge in [0.1, 0.15) is 5.75 Å². The van der Waals surface area contributed by atoms with Crippen molar-refractivity contribution in [3.8, 4) is 5.75 Å². The summed E-state index contributed by atoms with van der Waals surface area (Å²) < 4.78 is 6.09. The molecule has 132 valence electrons. The van der Waals surface area contributed by atoms with E-state index in [1.54, 1.807) is 17.0 Å². The van der Waals surface area contributed by atoms with Crippen molar-refractivity contribution in [1.29, 1.82) is 0 Å². The summed E-state index contributed by atoms with van der Waals surface area (Å²) in [5, 5.41) is 34.1. The van der Waals surface area contributed by atoms with Crippen LogP contribution in [-0.2, 0) is 0 Å². The highest BCUT2D eigenvalue weighted by molar-refractivity contribution is 14.1. The number of hydrogen-bond acceptors (Lipinski definition) is 6. The van der Waals surface area contributed by atoms with Gasteiger partial charge in [-0.05, 0) is 47.7 Å². The third-order valence-corrected chi connectivity index (χ3v) is 3.57. The minimum absolute atomic E-state index is 0.0694. The molecule has 4 N–H and O–H groups in total. The van der Waals surface area contributed by atoms with Gasteiger partial charge < -0.3 is 25.2 Å². The number of rotatable bonds is 9. The topological polar surface area (TPSA) is 110 Å². The number of nitrogens with zero attached hydrogens (tertiary/aromatic N) is 1. The van der Waals surface area contributed by atoms with Crippen LogP contribution < -0.4 is 4.74 Å². The van der Waals surface area contributed by atoms with Gasteiger partial charge in [0.15, 0.2) is 0 Å². The minimum Gasteiger partial charge on any atom is -0.493 e. The maximum atomic E-state index is 10.6. The first-order valence-corrected chi connectivity index (χ1v) is 8.28. The van der Waals surface area contributed by atoms with Crippen LogP contribution in [0.4, 0.5) is 0 Å². The largest absolute Gasteiger partial charge is 0.493 e. The normalized spacial score (nSPS) is 10.2. The van der Waals surface area contributed by atoms with Gasteiger partial charge in [-0.15, -0.1) is 0 Å².